The minimum atomic E-state index is -4.27. The lowest BCUT2D eigenvalue weighted by molar-refractivity contribution is 0.313. The van der Waals surface area contributed by atoms with Crippen LogP contribution in [0.3, 0.4) is 0 Å². The number of nitrogens with one attached hydrogen (secondary N) is 1. The van der Waals surface area contributed by atoms with Crippen molar-refractivity contribution >= 4 is 38.4 Å². The number of rotatable bonds is 5. The molecule has 1 saturated heterocycles. The summed E-state index contributed by atoms with van der Waals surface area (Å²) in [6.45, 7) is 3.95. The second-order valence-corrected chi connectivity index (χ2v) is 9.97. The predicted octanol–water partition coefficient (Wildman–Crippen LogP) is 3.44. The Morgan fingerprint density at radius 1 is 0.941 bits per heavy atom. The first kappa shape index (κ1) is 22.2. The fourth-order valence-electron chi connectivity index (χ4n) is 3.89. The van der Waals surface area contributed by atoms with Crippen molar-refractivity contribution in [2.45, 2.75) is 4.90 Å². The van der Waals surface area contributed by atoms with E-state index in [1.807, 2.05) is 24.3 Å². The summed E-state index contributed by atoms with van der Waals surface area (Å²) in [7, 11) is -2.16. The number of nitrogens with zero attached hydrogens (tertiary/aromatic N) is 5. The first-order chi connectivity index (χ1) is 16.3. The molecule has 0 spiro atoms. The highest BCUT2D eigenvalue weighted by Crippen LogP contribution is 2.25. The van der Waals surface area contributed by atoms with Crippen LogP contribution in [0.2, 0.25) is 0 Å². The molecule has 0 unspecified atom stereocenters. The van der Waals surface area contributed by atoms with Crippen LogP contribution in [0.25, 0.3) is 11.0 Å². The average molecular weight is 485 g/mol. The summed E-state index contributed by atoms with van der Waals surface area (Å²) in [6.07, 6.45) is 2.77. The second-order valence-electron chi connectivity index (χ2n) is 8.16. The molecule has 1 aliphatic rings. The lowest BCUT2D eigenvalue weighted by Crippen LogP contribution is -2.44. The van der Waals surface area contributed by atoms with Gasteiger partial charge in [0.05, 0.1) is 4.90 Å². The molecule has 34 heavy (non-hydrogen) atoms. The van der Waals surface area contributed by atoms with Crippen LogP contribution in [0.4, 0.5) is 26.1 Å². The van der Waals surface area contributed by atoms with E-state index in [-0.39, 0.29) is 11.6 Å². The highest BCUT2D eigenvalue weighted by Gasteiger charge is 2.22. The van der Waals surface area contributed by atoms with Gasteiger partial charge in [-0.1, -0.05) is 0 Å². The molecule has 11 heteroatoms. The van der Waals surface area contributed by atoms with Gasteiger partial charge in [0, 0.05) is 61.4 Å². The summed E-state index contributed by atoms with van der Waals surface area (Å²) < 4.78 is 54.2. The lowest BCUT2D eigenvalue weighted by atomic mass is 10.2. The van der Waals surface area contributed by atoms with Crippen molar-refractivity contribution in [3.8, 4) is 0 Å². The van der Waals surface area contributed by atoms with E-state index in [2.05, 4.69) is 32.1 Å². The van der Waals surface area contributed by atoms with Crippen molar-refractivity contribution in [2.24, 2.45) is 0 Å². The summed E-state index contributed by atoms with van der Waals surface area (Å²) in [6, 6.07) is 11.5. The van der Waals surface area contributed by atoms with Gasteiger partial charge in [-0.3, -0.25) is 0 Å². The third-order valence-corrected chi connectivity index (χ3v) is 7.42. The minimum Gasteiger partial charge on any atom is -0.369 e. The molecule has 2 aromatic carbocycles. The number of likely N-dealkylation sites (N-methyl/N-ethyl adjacent to an activating group) is 1. The SMILES string of the molecule is CN1CCN(c2ccc(Nc3ncc4ccn(S(=O)(=O)c5cc(F)cc(F)c5)c4n3)cc2)CC1. The maximum absolute atomic E-state index is 13.6. The van der Waals surface area contributed by atoms with Gasteiger partial charge in [0.2, 0.25) is 5.95 Å². The molecule has 5 rings (SSSR count). The van der Waals surface area contributed by atoms with E-state index >= 15 is 0 Å². The highest BCUT2D eigenvalue weighted by molar-refractivity contribution is 7.90. The third kappa shape index (κ3) is 4.31. The van der Waals surface area contributed by atoms with E-state index in [1.54, 1.807) is 0 Å². The van der Waals surface area contributed by atoms with Crippen molar-refractivity contribution in [3.05, 3.63) is 72.6 Å². The molecule has 2 aromatic heterocycles. The number of fused-ring (bicyclic) bond motifs is 1. The Bertz CT molecular complexity index is 1430. The van der Waals surface area contributed by atoms with Crippen LogP contribution in [-0.2, 0) is 10.0 Å². The Balaban J connectivity index is 1.41. The molecule has 0 saturated carbocycles. The molecule has 176 valence electrons. The summed E-state index contributed by atoms with van der Waals surface area (Å²) in [5, 5.41) is 3.55. The monoisotopic (exact) mass is 484 g/mol. The van der Waals surface area contributed by atoms with Gasteiger partial charge >= 0.3 is 0 Å². The molecule has 0 amide bonds. The molecule has 1 N–H and O–H groups in total. The summed E-state index contributed by atoms with van der Waals surface area (Å²) in [5.41, 5.74) is 1.96. The molecule has 1 fully saturated rings. The number of aromatic nitrogens is 3. The number of anilines is 3. The Kier molecular flexibility index (Phi) is 5.66. The van der Waals surface area contributed by atoms with Gasteiger partial charge < -0.3 is 15.1 Å². The van der Waals surface area contributed by atoms with Crippen LogP contribution in [0.15, 0.2) is 65.8 Å². The average Bonchev–Trinajstić information content (AvgIpc) is 3.24. The summed E-state index contributed by atoms with van der Waals surface area (Å²) in [5.74, 6) is -1.76. The number of piperazine rings is 1. The molecule has 8 nitrogen and oxygen atoms in total. The van der Waals surface area contributed by atoms with Crippen molar-refractivity contribution in [3.63, 3.8) is 0 Å². The standard InChI is InChI=1S/C23H22F2N6O2S/c1-29-8-10-30(11-9-29)20-4-2-19(3-5-20)27-23-26-15-16-6-7-31(22(16)28-23)34(32,33)21-13-17(24)12-18(25)14-21/h2-7,12-15H,8-11H2,1H3,(H,26,27,28). The van der Waals surface area contributed by atoms with Crippen LogP contribution in [-0.4, -0.2) is 60.5 Å². The summed E-state index contributed by atoms with van der Waals surface area (Å²) in [4.78, 5) is 12.7. The second kappa shape index (κ2) is 8.65. The maximum Gasteiger partial charge on any atom is 0.269 e. The number of hydrogen-bond donors (Lipinski definition) is 1. The molecule has 1 aliphatic heterocycles. The normalized spacial score (nSPS) is 15.1. The molecule has 0 bridgehead atoms. The number of benzene rings is 2. The third-order valence-electron chi connectivity index (χ3n) is 5.78. The van der Waals surface area contributed by atoms with Gasteiger partial charge in [0.1, 0.15) is 11.6 Å². The van der Waals surface area contributed by atoms with Gasteiger partial charge in [0.15, 0.2) is 5.65 Å². The zero-order chi connectivity index (χ0) is 23.9. The van der Waals surface area contributed by atoms with E-state index < -0.39 is 26.6 Å². The van der Waals surface area contributed by atoms with E-state index in [4.69, 9.17) is 0 Å². The first-order valence-corrected chi connectivity index (χ1v) is 12.1. The zero-order valence-corrected chi connectivity index (χ0v) is 19.1. The van der Waals surface area contributed by atoms with Crippen molar-refractivity contribution in [1.29, 1.82) is 0 Å². The molecular formula is C23H22F2N6O2S. The topological polar surface area (TPSA) is 83.4 Å². The smallest absolute Gasteiger partial charge is 0.269 e. The van der Waals surface area contributed by atoms with E-state index in [1.165, 1.54) is 18.5 Å². The maximum atomic E-state index is 13.6. The largest absolute Gasteiger partial charge is 0.369 e. The molecule has 0 radical (unpaired) electrons. The minimum absolute atomic E-state index is 0.0937. The van der Waals surface area contributed by atoms with Crippen LogP contribution < -0.4 is 10.2 Å². The number of hydrogen-bond acceptors (Lipinski definition) is 7. The first-order valence-electron chi connectivity index (χ1n) is 10.7. The Morgan fingerprint density at radius 3 is 2.29 bits per heavy atom. The Morgan fingerprint density at radius 2 is 1.62 bits per heavy atom. The Hall–Kier alpha value is -3.57. The van der Waals surface area contributed by atoms with E-state index in [0.29, 0.717) is 11.5 Å². The predicted molar refractivity (Wildman–Crippen MR) is 126 cm³/mol. The van der Waals surface area contributed by atoms with Gasteiger partial charge in [-0.2, -0.15) is 4.98 Å². The summed E-state index contributed by atoms with van der Waals surface area (Å²) >= 11 is 0. The van der Waals surface area contributed by atoms with Gasteiger partial charge in [-0.05, 0) is 49.5 Å². The van der Waals surface area contributed by atoms with Gasteiger partial charge in [-0.25, -0.2) is 26.2 Å². The molecular weight excluding hydrogens is 462 g/mol. The number of halogens is 2. The van der Waals surface area contributed by atoms with Gasteiger partial charge in [-0.15, -0.1) is 0 Å². The van der Waals surface area contributed by atoms with Crippen LogP contribution in [0.1, 0.15) is 0 Å². The van der Waals surface area contributed by atoms with Crippen LogP contribution >= 0.6 is 0 Å². The quantitative estimate of drug-likeness (QED) is 0.465. The zero-order valence-electron chi connectivity index (χ0n) is 18.3. The van der Waals surface area contributed by atoms with Crippen molar-refractivity contribution < 1.29 is 17.2 Å². The lowest BCUT2D eigenvalue weighted by Gasteiger charge is -2.34. The van der Waals surface area contributed by atoms with E-state index in [9.17, 15) is 17.2 Å². The molecule has 3 heterocycles. The van der Waals surface area contributed by atoms with Crippen LogP contribution in [0.5, 0.6) is 0 Å². The van der Waals surface area contributed by atoms with Crippen molar-refractivity contribution in [1.82, 2.24) is 18.8 Å². The molecule has 4 aromatic rings. The Labute approximate surface area is 195 Å². The van der Waals surface area contributed by atoms with Gasteiger partial charge in [0.25, 0.3) is 10.0 Å². The molecule has 0 aliphatic carbocycles. The molecule has 0 atom stereocenters. The van der Waals surface area contributed by atoms with E-state index in [0.717, 1.165) is 53.7 Å². The van der Waals surface area contributed by atoms with Crippen molar-refractivity contribution in [2.75, 3.05) is 43.4 Å². The highest BCUT2D eigenvalue weighted by atomic mass is 32.2. The fourth-order valence-corrected chi connectivity index (χ4v) is 5.23. The van der Waals surface area contributed by atoms with Crippen LogP contribution in [0, 0.1) is 11.6 Å². The fraction of sp³-hybridized carbons (Fsp3) is 0.217.